The van der Waals surface area contributed by atoms with E-state index in [-0.39, 0.29) is 12.3 Å². The van der Waals surface area contributed by atoms with Gasteiger partial charge >= 0.3 is 5.97 Å². The summed E-state index contributed by atoms with van der Waals surface area (Å²) in [4.78, 5) is 38.4. The molecule has 23 heteroatoms. The highest BCUT2D eigenvalue weighted by atomic mass is 16.8. The van der Waals surface area contributed by atoms with Crippen molar-refractivity contribution in [2.45, 2.75) is 336 Å². The predicted molar refractivity (Wildman–Crippen MR) is 315 cm³/mol. The number of ether oxygens (including phenoxy) is 6. The Morgan fingerprint density at radius 1 is 0.612 bits per heavy atom. The van der Waals surface area contributed by atoms with Crippen LogP contribution in [0, 0.1) is 0 Å². The summed E-state index contributed by atoms with van der Waals surface area (Å²) in [6.45, 7) is 2.12. The molecule has 3 rings (SSSR count). The number of nitrogens with one attached hydrogen (secondary N) is 2. The number of allylic oxidation sites excluding steroid dienone is 1. The van der Waals surface area contributed by atoms with Crippen LogP contribution in [-0.2, 0) is 42.8 Å². The normalized spacial score (nSPS) is 29.6. The number of aliphatic carboxylic acids is 1. The molecule has 0 aromatic carbocycles. The van der Waals surface area contributed by atoms with Gasteiger partial charge in [-0.25, -0.2) is 4.79 Å². The molecule has 3 saturated heterocycles. The van der Waals surface area contributed by atoms with Crippen LogP contribution in [0.2, 0.25) is 0 Å². The lowest BCUT2D eigenvalue weighted by molar-refractivity contribution is -0.386. The summed E-state index contributed by atoms with van der Waals surface area (Å²) in [7, 11) is 0. The first-order valence-corrected chi connectivity index (χ1v) is 32.6. The molecule has 3 aliphatic rings. The van der Waals surface area contributed by atoms with E-state index in [0.29, 0.717) is 12.8 Å². The molecular weight excluding hydrogens is 1110 g/mol. The molecule has 3 heterocycles. The molecule has 0 saturated carbocycles. The molecule has 23 nitrogen and oxygen atoms in total. The zero-order chi connectivity index (χ0) is 62.6. The molecule has 0 radical (unpaired) electrons. The second-order valence-corrected chi connectivity index (χ2v) is 24.0. The van der Waals surface area contributed by atoms with E-state index in [1.807, 2.05) is 6.08 Å². The highest BCUT2D eigenvalue weighted by Gasteiger charge is 2.60. The maximum Gasteiger partial charge on any atom is 0.364 e. The topological polar surface area (TPSA) is 373 Å². The van der Waals surface area contributed by atoms with Crippen molar-refractivity contribution in [1.82, 2.24) is 10.6 Å². The van der Waals surface area contributed by atoms with Crippen LogP contribution >= 0.6 is 0 Å². The third kappa shape index (κ3) is 27.6. The van der Waals surface area contributed by atoms with E-state index in [4.69, 9.17) is 28.4 Å². The monoisotopic (exact) mass is 1220 g/mol. The minimum Gasteiger partial charge on any atom is -0.477 e. The number of amides is 2. The van der Waals surface area contributed by atoms with Gasteiger partial charge in [0.1, 0.15) is 67.1 Å². The van der Waals surface area contributed by atoms with E-state index in [1.54, 1.807) is 6.08 Å². The average molecular weight is 1220 g/mol. The Morgan fingerprint density at radius 3 is 1.56 bits per heavy atom. The molecule has 0 aliphatic carbocycles. The summed E-state index contributed by atoms with van der Waals surface area (Å²) in [5.74, 6) is -6.14. The largest absolute Gasteiger partial charge is 0.477 e. The van der Waals surface area contributed by atoms with Crippen LogP contribution in [-0.4, -0.2) is 215 Å². The Balaban J connectivity index is 1.63. The van der Waals surface area contributed by atoms with Gasteiger partial charge in [-0.15, -0.1) is 0 Å². The first-order valence-electron chi connectivity index (χ1n) is 32.6. The third-order valence-corrected chi connectivity index (χ3v) is 16.7. The molecule has 0 unspecified atom stereocenters. The van der Waals surface area contributed by atoms with Crippen LogP contribution in [0.1, 0.15) is 226 Å². The fourth-order valence-corrected chi connectivity index (χ4v) is 11.5. The van der Waals surface area contributed by atoms with Crippen LogP contribution in [0.3, 0.4) is 0 Å². The maximum absolute atomic E-state index is 13.4. The van der Waals surface area contributed by atoms with E-state index >= 15 is 0 Å². The van der Waals surface area contributed by atoms with Crippen molar-refractivity contribution in [2.75, 3.05) is 26.4 Å². The molecule has 3 fully saturated rings. The van der Waals surface area contributed by atoms with E-state index in [2.05, 4.69) is 24.5 Å². The SMILES string of the molecule is CCCCCCCCCCCCC/C=C/[C@@H](O)[C@H](CO[C@@H]1O[C@H](CO)[C@@H](O[C@@H]2O[C@H](CO)[C@H](O)[C@H](O[C@]3(C(=O)O)C[C@H](O)[C@@H](NC(C)=O)[C@H]([C@H](O)[C@H](O)CO)O3)[C@H]2O)[C@H](O)[C@H]1O)NC(=O)CCCCCCCCCCCCCCCCCCCC. The summed E-state index contributed by atoms with van der Waals surface area (Å²) < 4.78 is 34.7. The van der Waals surface area contributed by atoms with Crippen molar-refractivity contribution in [3.8, 4) is 0 Å². The molecule has 2 amide bonds. The van der Waals surface area contributed by atoms with E-state index < -0.39 is 155 Å². The van der Waals surface area contributed by atoms with Crippen molar-refractivity contribution >= 4 is 17.8 Å². The second kappa shape index (κ2) is 44.0. The summed E-state index contributed by atoms with van der Waals surface area (Å²) in [5.41, 5.74) is 0. The summed E-state index contributed by atoms with van der Waals surface area (Å²) in [5, 5.41) is 136. The molecule has 0 spiro atoms. The predicted octanol–water partition coefficient (Wildman–Crippen LogP) is 4.34. The standard InChI is InChI=1S/C62H114N2O21/c1-4-6-8-10-12-14-16-18-19-20-21-22-24-26-28-30-32-34-36-49(72)64-43(44(69)35-33-31-29-27-25-23-17-15-13-11-9-7-5-2)41-80-59-54(76)53(75)56(48(40-67)82-59)83-60-55(77)58(52(74)47(39-66)81-60)85-62(61(78)79)37-45(70)50(63-42(3)68)57(84-62)51(73)46(71)38-65/h33,35,43-48,50-60,65-67,69-71,73-77H,4-32,34,36-41H2,1-3H3,(H,63,68)(H,64,72)(H,78,79)/b35-33+/t43-,44+,45-,46+,47+,48+,50+,51+,52-,53+,54+,55+,56+,57+,58-,59+,60-,62-/m0/s1. The number of unbranched alkanes of at least 4 members (excludes halogenated alkanes) is 28. The van der Waals surface area contributed by atoms with Crippen molar-refractivity contribution < 1.29 is 104 Å². The molecule has 0 aromatic heterocycles. The zero-order valence-corrected chi connectivity index (χ0v) is 51.5. The van der Waals surface area contributed by atoms with Gasteiger partial charge in [-0.2, -0.15) is 0 Å². The quantitative estimate of drug-likeness (QED) is 0.0298. The van der Waals surface area contributed by atoms with Crippen LogP contribution in [0.15, 0.2) is 12.2 Å². The van der Waals surface area contributed by atoms with E-state index in [9.17, 15) is 75.7 Å². The molecule has 0 bridgehead atoms. The van der Waals surface area contributed by atoms with E-state index in [0.717, 1.165) is 51.9 Å². The van der Waals surface area contributed by atoms with Crippen molar-refractivity contribution in [3.63, 3.8) is 0 Å². The third-order valence-electron chi connectivity index (χ3n) is 16.7. The fraction of sp³-hybridized carbons (Fsp3) is 0.919. The van der Waals surface area contributed by atoms with E-state index in [1.165, 1.54) is 135 Å². The lowest BCUT2D eigenvalue weighted by Gasteiger charge is -2.50. The first-order chi connectivity index (χ1) is 40.9. The number of rotatable bonds is 48. The lowest BCUT2D eigenvalue weighted by Crippen LogP contribution is -2.70. The zero-order valence-electron chi connectivity index (χ0n) is 51.5. The van der Waals surface area contributed by atoms with Crippen LogP contribution < -0.4 is 10.6 Å². The Morgan fingerprint density at radius 2 is 1.09 bits per heavy atom. The summed E-state index contributed by atoms with van der Waals surface area (Å²) in [6, 6.07) is -2.61. The number of carbonyl (C=O) groups excluding carboxylic acids is 2. The highest BCUT2D eigenvalue weighted by Crippen LogP contribution is 2.38. The maximum atomic E-state index is 13.4. The first kappa shape index (κ1) is 76.7. The van der Waals surface area contributed by atoms with Gasteiger partial charge < -0.3 is 100 Å². The number of aliphatic hydroxyl groups is 11. The number of carboxylic acid groups (broad SMARTS) is 1. The van der Waals surface area contributed by atoms with Crippen LogP contribution in [0.5, 0.6) is 0 Å². The number of aliphatic hydroxyl groups excluding tert-OH is 11. The Labute approximate surface area is 505 Å². The van der Waals surface area contributed by atoms with Gasteiger partial charge in [0.2, 0.25) is 11.8 Å². The van der Waals surface area contributed by atoms with Gasteiger partial charge in [0.05, 0.1) is 50.7 Å². The molecule has 18 atom stereocenters. The van der Waals surface area contributed by atoms with Gasteiger partial charge in [-0.05, 0) is 19.3 Å². The van der Waals surface area contributed by atoms with Crippen molar-refractivity contribution in [1.29, 1.82) is 0 Å². The smallest absolute Gasteiger partial charge is 0.364 e. The highest BCUT2D eigenvalue weighted by molar-refractivity contribution is 5.77. The van der Waals surface area contributed by atoms with Gasteiger partial charge in [-0.1, -0.05) is 199 Å². The van der Waals surface area contributed by atoms with Gasteiger partial charge in [0, 0.05) is 19.8 Å². The Kier molecular flexibility index (Phi) is 39.7. The fourth-order valence-electron chi connectivity index (χ4n) is 11.5. The molecular formula is C62H114N2O21. The van der Waals surface area contributed by atoms with Crippen LogP contribution in [0.4, 0.5) is 0 Å². The number of carboxylic acids is 1. The number of hydrogen-bond acceptors (Lipinski definition) is 20. The van der Waals surface area contributed by atoms with Crippen molar-refractivity contribution in [2.24, 2.45) is 0 Å². The average Bonchev–Trinajstić information content (AvgIpc) is 1.21. The molecule has 14 N–H and O–H groups in total. The van der Waals surface area contributed by atoms with Crippen LogP contribution in [0.25, 0.3) is 0 Å². The Hall–Kier alpha value is -2.53. The minimum absolute atomic E-state index is 0.205. The minimum atomic E-state index is -3.08. The summed E-state index contributed by atoms with van der Waals surface area (Å²) >= 11 is 0. The van der Waals surface area contributed by atoms with Crippen molar-refractivity contribution in [3.05, 3.63) is 12.2 Å². The summed E-state index contributed by atoms with van der Waals surface area (Å²) in [6.07, 6.45) is 9.81. The number of hydrogen-bond donors (Lipinski definition) is 14. The van der Waals surface area contributed by atoms with Gasteiger partial charge in [0.15, 0.2) is 12.6 Å². The molecule has 0 aromatic rings. The molecule has 85 heavy (non-hydrogen) atoms. The number of carbonyl (C=O) groups is 3. The molecule has 3 aliphatic heterocycles. The van der Waals surface area contributed by atoms with Gasteiger partial charge in [0.25, 0.3) is 5.79 Å². The second-order valence-electron chi connectivity index (χ2n) is 24.0. The Bertz CT molecular complexity index is 1790. The molecule has 498 valence electrons. The van der Waals surface area contributed by atoms with Gasteiger partial charge in [-0.3, -0.25) is 9.59 Å². The lowest BCUT2D eigenvalue weighted by atomic mass is 9.88.